The van der Waals surface area contributed by atoms with Crippen molar-refractivity contribution in [2.24, 2.45) is 5.73 Å². The lowest BCUT2D eigenvalue weighted by Crippen LogP contribution is -2.11. The number of nitrogen functional groups attached to an aromatic ring is 1. The van der Waals surface area contributed by atoms with Gasteiger partial charge in [0.1, 0.15) is 17.3 Å². The summed E-state index contributed by atoms with van der Waals surface area (Å²) in [5.74, 6) is 1.40. The van der Waals surface area contributed by atoms with E-state index in [0.29, 0.717) is 17.1 Å². The molecule has 0 heterocycles. The highest BCUT2D eigenvalue weighted by molar-refractivity contribution is 9.11. The first-order valence-corrected chi connectivity index (χ1v) is 7.62. The van der Waals surface area contributed by atoms with Gasteiger partial charge >= 0.3 is 0 Å². The zero-order chi connectivity index (χ0) is 14.0. The highest BCUT2D eigenvalue weighted by atomic mass is 79.9. The van der Waals surface area contributed by atoms with Crippen LogP contribution in [-0.2, 0) is 0 Å². The molecular formula is C13H9Br3N2O. The summed E-state index contributed by atoms with van der Waals surface area (Å²) in [5, 5.41) is 7.42. The van der Waals surface area contributed by atoms with Crippen LogP contribution in [0.3, 0.4) is 0 Å². The quantitative estimate of drug-likeness (QED) is 0.510. The average molecular weight is 449 g/mol. The number of nitrogens with one attached hydrogen (secondary N) is 1. The highest BCUT2D eigenvalue weighted by Gasteiger charge is 2.07. The van der Waals surface area contributed by atoms with Crippen molar-refractivity contribution in [3.05, 3.63) is 55.4 Å². The number of ether oxygens (including phenoxy) is 1. The van der Waals surface area contributed by atoms with Crippen LogP contribution in [0.4, 0.5) is 0 Å². The molecule has 0 amide bonds. The molecule has 3 nitrogen and oxygen atoms in total. The Labute approximate surface area is 136 Å². The SMILES string of the molecule is N=C(N)c1ccc(Oc2ccc(Br)cc2Br)cc1Br. The van der Waals surface area contributed by atoms with Crippen LogP contribution in [-0.4, -0.2) is 5.84 Å². The van der Waals surface area contributed by atoms with E-state index in [2.05, 4.69) is 47.8 Å². The third kappa shape index (κ3) is 3.58. The van der Waals surface area contributed by atoms with Crippen molar-refractivity contribution in [3.63, 3.8) is 0 Å². The van der Waals surface area contributed by atoms with Crippen molar-refractivity contribution >= 4 is 53.6 Å². The van der Waals surface area contributed by atoms with Crippen LogP contribution in [0, 0.1) is 5.41 Å². The Bertz CT molecular complexity index is 644. The fraction of sp³-hybridized carbons (Fsp3) is 0. The molecule has 0 aliphatic rings. The van der Waals surface area contributed by atoms with E-state index in [4.69, 9.17) is 15.9 Å². The largest absolute Gasteiger partial charge is 0.456 e. The monoisotopic (exact) mass is 446 g/mol. The average Bonchev–Trinajstić information content (AvgIpc) is 2.32. The number of rotatable bonds is 3. The van der Waals surface area contributed by atoms with E-state index in [-0.39, 0.29) is 5.84 Å². The first kappa shape index (κ1) is 14.6. The molecule has 0 atom stereocenters. The fourth-order valence-corrected chi connectivity index (χ4v) is 3.16. The molecule has 0 aliphatic carbocycles. The van der Waals surface area contributed by atoms with Gasteiger partial charge in [-0.15, -0.1) is 0 Å². The molecule has 0 radical (unpaired) electrons. The van der Waals surface area contributed by atoms with E-state index >= 15 is 0 Å². The molecule has 0 unspecified atom stereocenters. The van der Waals surface area contributed by atoms with Crippen LogP contribution in [0.25, 0.3) is 0 Å². The van der Waals surface area contributed by atoms with E-state index in [1.807, 2.05) is 18.2 Å². The summed E-state index contributed by atoms with van der Waals surface area (Å²) in [6, 6.07) is 11.0. The van der Waals surface area contributed by atoms with Crippen molar-refractivity contribution in [1.82, 2.24) is 0 Å². The first-order valence-electron chi connectivity index (χ1n) is 5.24. The van der Waals surface area contributed by atoms with Gasteiger partial charge in [-0.05, 0) is 68.3 Å². The normalized spacial score (nSPS) is 10.3. The number of benzene rings is 2. The summed E-state index contributed by atoms with van der Waals surface area (Å²) in [6.45, 7) is 0. The number of hydrogen-bond donors (Lipinski definition) is 2. The van der Waals surface area contributed by atoms with Crippen molar-refractivity contribution < 1.29 is 4.74 Å². The van der Waals surface area contributed by atoms with Gasteiger partial charge in [-0.1, -0.05) is 15.9 Å². The maximum Gasteiger partial charge on any atom is 0.141 e. The highest BCUT2D eigenvalue weighted by Crippen LogP contribution is 2.33. The lowest BCUT2D eigenvalue weighted by Gasteiger charge is -2.10. The minimum absolute atomic E-state index is 0.0169. The molecule has 0 fully saturated rings. The van der Waals surface area contributed by atoms with Crippen molar-refractivity contribution in [2.75, 3.05) is 0 Å². The third-order valence-electron chi connectivity index (χ3n) is 2.35. The maximum absolute atomic E-state index is 7.42. The van der Waals surface area contributed by atoms with E-state index < -0.39 is 0 Å². The van der Waals surface area contributed by atoms with Gasteiger partial charge in [-0.2, -0.15) is 0 Å². The number of halogens is 3. The molecule has 3 N–H and O–H groups in total. The second-order valence-corrected chi connectivity index (χ2v) is 6.36. The lowest BCUT2D eigenvalue weighted by atomic mass is 10.2. The second kappa shape index (κ2) is 6.07. The number of amidine groups is 1. The summed E-state index contributed by atoms with van der Waals surface area (Å²) in [5.41, 5.74) is 6.10. The Kier molecular flexibility index (Phi) is 4.65. The zero-order valence-electron chi connectivity index (χ0n) is 9.58. The fourth-order valence-electron chi connectivity index (χ4n) is 1.46. The smallest absolute Gasteiger partial charge is 0.141 e. The first-order chi connectivity index (χ1) is 8.97. The van der Waals surface area contributed by atoms with Gasteiger partial charge in [0, 0.05) is 14.5 Å². The summed E-state index contributed by atoms with van der Waals surface area (Å²) in [4.78, 5) is 0. The Morgan fingerprint density at radius 3 is 2.32 bits per heavy atom. The van der Waals surface area contributed by atoms with E-state index in [9.17, 15) is 0 Å². The van der Waals surface area contributed by atoms with Crippen LogP contribution < -0.4 is 10.5 Å². The standard InChI is InChI=1S/C13H9Br3N2O/c14-7-1-4-12(11(16)5-7)19-8-2-3-9(13(17)18)10(15)6-8/h1-6H,(H3,17,18). The molecule has 0 aromatic heterocycles. The molecular weight excluding hydrogens is 440 g/mol. The summed E-state index contributed by atoms with van der Waals surface area (Å²) < 4.78 is 8.33. The molecule has 98 valence electrons. The van der Waals surface area contributed by atoms with Gasteiger partial charge in [-0.25, -0.2) is 0 Å². The van der Waals surface area contributed by atoms with Gasteiger partial charge in [0.15, 0.2) is 0 Å². The summed E-state index contributed by atoms with van der Waals surface area (Å²) in [7, 11) is 0. The van der Waals surface area contributed by atoms with Crippen LogP contribution in [0.15, 0.2) is 49.8 Å². The number of nitrogens with two attached hydrogens (primary N) is 1. The molecule has 2 aromatic rings. The molecule has 19 heavy (non-hydrogen) atoms. The second-order valence-electron chi connectivity index (χ2n) is 3.73. The third-order valence-corrected chi connectivity index (χ3v) is 4.12. The van der Waals surface area contributed by atoms with Crippen LogP contribution in [0.5, 0.6) is 11.5 Å². The minimum Gasteiger partial charge on any atom is -0.456 e. The van der Waals surface area contributed by atoms with Crippen molar-refractivity contribution in [2.45, 2.75) is 0 Å². The maximum atomic E-state index is 7.42. The molecule has 0 spiro atoms. The molecule has 0 bridgehead atoms. The van der Waals surface area contributed by atoms with E-state index in [0.717, 1.165) is 13.4 Å². The minimum atomic E-state index is 0.0169. The van der Waals surface area contributed by atoms with Gasteiger partial charge < -0.3 is 10.5 Å². The van der Waals surface area contributed by atoms with Gasteiger partial charge in [0.2, 0.25) is 0 Å². The van der Waals surface area contributed by atoms with Gasteiger partial charge in [-0.3, -0.25) is 5.41 Å². The zero-order valence-corrected chi connectivity index (χ0v) is 14.3. The number of hydrogen-bond acceptors (Lipinski definition) is 2. The van der Waals surface area contributed by atoms with E-state index in [1.54, 1.807) is 18.2 Å². The molecule has 2 rings (SSSR count). The Hall–Kier alpha value is -0.850. The van der Waals surface area contributed by atoms with Gasteiger partial charge in [0.05, 0.1) is 4.47 Å². The van der Waals surface area contributed by atoms with E-state index in [1.165, 1.54) is 0 Å². The Morgan fingerprint density at radius 1 is 1.00 bits per heavy atom. The Morgan fingerprint density at radius 2 is 1.74 bits per heavy atom. The molecule has 2 aromatic carbocycles. The molecule has 0 aliphatic heterocycles. The lowest BCUT2D eigenvalue weighted by molar-refractivity contribution is 0.479. The Balaban J connectivity index is 2.29. The van der Waals surface area contributed by atoms with Gasteiger partial charge in [0.25, 0.3) is 0 Å². The molecule has 0 saturated carbocycles. The van der Waals surface area contributed by atoms with Crippen LogP contribution in [0.1, 0.15) is 5.56 Å². The van der Waals surface area contributed by atoms with Crippen molar-refractivity contribution in [1.29, 1.82) is 5.41 Å². The summed E-state index contributed by atoms with van der Waals surface area (Å²) in [6.07, 6.45) is 0. The predicted molar refractivity (Wildman–Crippen MR) is 87.1 cm³/mol. The van der Waals surface area contributed by atoms with Crippen molar-refractivity contribution in [3.8, 4) is 11.5 Å². The topological polar surface area (TPSA) is 59.1 Å². The molecule has 0 saturated heterocycles. The predicted octanol–water partition coefficient (Wildman–Crippen LogP) is 5.05. The molecule has 6 heteroatoms. The van der Waals surface area contributed by atoms with Crippen LogP contribution in [0.2, 0.25) is 0 Å². The summed E-state index contributed by atoms with van der Waals surface area (Å²) >= 11 is 10.2. The van der Waals surface area contributed by atoms with Crippen LogP contribution >= 0.6 is 47.8 Å².